The highest BCUT2D eigenvalue weighted by Gasteiger charge is 2.19. The van der Waals surface area contributed by atoms with Gasteiger partial charge in [0.05, 0.1) is 12.3 Å². The molecule has 21 heavy (non-hydrogen) atoms. The third kappa shape index (κ3) is 5.06. The molecule has 7 nitrogen and oxygen atoms in total. The normalized spacial score (nSPS) is 19.2. The summed E-state index contributed by atoms with van der Waals surface area (Å²) in [5.41, 5.74) is 0. The number of hydrogen-bond donors (Lipinski definition) is 2. The lowest BCUT2D eigenvalue weighted by molar-refractivity contribution is 0.105. The van der Waals surface area contributed by atoms with Crippen molar-refractivity contribution < 1.29 is 13.2 Å². The Morgan fingerprint density at radius 2 is 2.33 bits per heavy atom. The van der Waals surface area contributed by atoms with Crippen LogP contribution in [0.25, 0.3) is 0 Å². The van der Waals surface area contributed by atoms with Crippen molar-refractivity contribution in [2.45, 2.75) is 43.2 Å². The second kappa shape index (κ2) is 7.88. The van der Waals surface area contributed by atoms with Crippen LogP contribution in [0.4, 0.5) is 0 Å². The average Bonchev–Trinajstić information content (AvgIpc) is 3.10. The van der Waals surface area contributed by atoms with Crippen molar-refractivity contribution in [3.05, 3.63) is 12.4 Å². The van der Waals surface area contributed by atoms with E-state index in [0.717, 1.165) is 38.8 Å². The lowest BCUT2D eigenvalue weighted by Gasteiger charge is -2.09. The summed E-state index contributed by atoms with van der Waals surface area (Å²) in [4.78, 5) is 0.222. The molecule has 8 heteroatoms. The third-order valence-corrected chi connectivity index (χ3v) is 4.93. The minimum absolute atomic E-state index is 0.192. The van der Waals surface area contributed by atoms with E-state index < -0.39 is 10.0 Å². The molecule has 0 bridgehead atoms. The van der Waals surface area contributed by atoms with Crippen LogP contribution in [-0.4, -0.2) is 51.0 Å². The van der Waals surface area contributed by atoms with Crippen LogP contribution in [0.1, 0.15) is 25.7 Å². The standard InChI is InChI=1S/C13H24N4O3S/c1-14-6-3-8-17-11-13(10-15-17)21(18,19)16-7-5-12-4-2-9-20-12/h10-12,14,16H,2-9H2,1H3. The van der Waals surface area contributed by atoms with Crippen LogP contribution in [0.5, 0.6) is 0 Å². The second-order valence-corrected chi connectivity index (χ2v) is 6.98. The van der Waals surface area contributed by atoms with E-state index in [1.807, 2.05) is 7.05 Å². The number of aromatic nitrogens is 2. The number of nitrogens with one attached hydrogen (secondary N) is 2. The molecule has 1 aliphatic heterocycles. The van der Waals surface area contributed by atoms with Gasteiger partial charge in [-0.25, -0.2) is 13.1 Å². The number of hydrogen-bond acceptors (Lipinski definition) is 5. The molecular formula is C13H24N4O3S. The zero-order chi connectivity index (χ0) is 15.1. The van der Waals surface area contributed by atoms with E-state index >= 15 is 0 Å². The summed E-state index contributed by atoms with van der Waals surface area (Å²) in [5.74, 6) is 0. The van der Waals surface area contributed by atoms with Crippen molar-refractivity contribution in [2.24, 2.45) is 0 Å². The fourth-order valence-electron chi connectivity index (χ4n) is 2.33. The van der Waals surface area contributed by atoms with Crippen molar-refractivity contribution in [3.8, 4) is 0 Å². The molecule has 0 spiro atoms. The zero-order valence-electron chi connectivity index (χ0n) is 12.4. The van der Waals surface area contributed by atoms with E-state index in [4.69, 9.17) is 4.74 Å². The van der Waals surface area contributed by atoms with E-state index in [1.165, 1.54) is 6.20 Å². The first kappa shape index (κ1) is 16.4. The highest BCUT2D eigenvalue weighted by atomic mass is 32.2. The van der Waals surface area contributed by atoms with Crippen molar-refractivity contribution in [2.75, 3.05) is 26.7 Å². The Morgan fingerprint density at radius 1 is 1.48 bits per heavy atom. The molecule has 120 valence electrons. The van der Waals surface area contributed by atoms with Crippen LogP contribution in [0.15, 0.2) is 17.3 Å². The summed E-state index contributed by atoms with van der Waals surface area (Å²) in [6.45, 7) is 2.77. The van der Waals surface area contributed by atoms with Gasteiger partial charge in [0.2, 0.25) is 10.0 Å². The van der Waals surface area contributed by atoms with Gasteiger partial charge >= 0.3 is 0 Å². The van der Waals surface area contributed by atoms with Gasteiger partial charge in [-0.15, -0.1) is 0 Å². The number of sulfonamides is 1. The maximum absolute atomic E-state index is 12.1. The highest BCUT2D eigenvalue weighted by molar-refractivity contribution is 7.89. The van der Waals surface area contributed by atoms with E-state index in [1.54, 1.807) is 10.9 Å². The van der Waals surface area contributed by atoms with Gasteiger partial charge in [-0.2, -0.15) is 5.10 Å². The van der Waals surface area contributed by atoms with E-state index in [0.29, 0.717) is 13.1 Å². The molecule has 0 aliphatic carbocycles. The molecule has 0 radical (unpaired) electrons. The van der Waals surface area contributed by atoms with Crippen molar-refractivity contribution >= 4 is 10.0 Å². The minimum atomic E-state index is -3.47. The molecule has 1 atom stereocenters. The molecule has 0 aromatic carbocycles. The summed E-state index contributed by atoms with van der Waals surface area (Å²) in [6.07, 6.45) is 6.87. The molecule has 2 rings (SSSR count). The Morgan fingerprint density at radius 3 is 3.05 bits per heavy atom. The van der Waals surface area contributed by atoms with Crippen LogP contribution in [0.3, 0.4) is 0 Å². The van der Waals surface area contributed by atoms with E-state index in [2.05, 4.69) is 15.1 Å². The molecule has 0 saturated carbocycles. The minimum Gasteiger partial charge on any atom is -0.378 e. The lowest BCUT2D eigenvalue weighted by atomic mass is 10.2. The predicted octanol–water partition coefficient (Wildman–Crippen LogP) is 0.340. The Bertz CT molecular complexity index is 523. The first-order valence-corrected chi connectivity index (χ1v) is 8.88. The molecule has 2 N–H and O–H groups in total. The third-order valence-electron chi connectivity index (χ3n) is 3.52. The molecule has 1 aromatic heterocycles. The second-order valence-electron chi connectivity index (χ2n) is 5.22. The maximum Gasteiger partial charge on any atom is 0.243 e. The Hall–Kier alpha value is -0.960. The monoisotopic (exact) mass is 316 g/mol. The Kier molecular flexibility index (Phi) is 6.16. The van der Waals surface area contributed by atoms with Crippen LogP contribution in [0.2, 0.25) is 0 Å². The number of ether oxygens (including phenoxy) is 1. The Balaban J connectivity index is 1.80. The van der Waals surface area contributed by atoms with Gasteiger partial charge in [0.1, 0.15) is 4.90 Å². The van der Waals surface area contributed by atoms with E-state index in [9.17, 15) is 8.42 Å². The molecule has 1 unspecified atom stereocenters. The van der Waals surface area contributed by atoms with E-state index in [-0.39, 0.29) is 11.0 Å². The largest absolute Gasteiger partial charge is 0.378 e. The van der Waals surface area contributed by atoms with Gasteiger partial charge in [-0.05, 0) is 39.3 Å². The van der Waals surface area contributed by atoms with Gasteiger partial charge < -0.3 is 10.1 Å². The van der Waals surface area contributed by atoms with Crippen LogP contribution >= 0.6 is 0 Å². The van der Waals surface area contributed by atoms with Gasteiger partial charge in [0.25, 0.3) is 0 Å². The van der Waals surface area contributed by atoms with Crippen LogP contribution < -0.4 is 10.0 Å². The summed E-state index contributed by atoms with van der Waals surface area (Å²) in [6, 6.07) is 0. The number of nitrogens with zero attached hydrogens (tertiary/aromatic N) is 2. The molecule has 0 amide bonds. The number of aryl methyl sites for hydroxylation is 1. The zero-order valence-corrected chi connectivity index (χ0v) is 13.2. The average molecular weight is 316 g/mol. The summed E-state index contributed by atoms with van der Waals surface area (Å²) < 4.78 is 34.0. The van der Waals surface area contributed by atoms with Gasteiger partial charge in [-0.1, -0.05) is 0 Å². The van der Waals surface area contributed by atoms with Gasteiger partial charge in [0.15, 0.2) is 0 Å². The summed E-state index contributed by atoms with van der Waals surface area (Å²) >= 11 is 0. The molecule has 1 saturated heterocycles. The van der Waals surface area contributed by atoms with Crippen LogP contribution in [-0.2, 0) is 21.3 Å². The lowest BCUT2D eigenvalue weighted by Crippen LogP contribution is -2.27. The fraction of sp³-hybridized carbons (Fsp3) is 0.769. The maximum atomic E-state index is 12.1. The van der Waals surface area contributed by atoms with Crippen LogP contribution in [0, 0.1) is 0 Å². The molecule has 1 aliphatic rings. The SMILES string of the molecule is CNCCCn1cc(S(=O)(=O)NCCC2CCCO2)cn1. The predicted molar refractivity (Wildman–Crippen MR) is 79.6 cm³/mol. The smallest absolute Gasteiger partial charge is 0.243 e. The Labute approximate surface area is 126 Å². The van der Waals surface area contributed by atoms with Crippen molar-refractivity contribution in [1.82, 2.24) is 19.8 Å². The van der Waals surface area contributed by atoms with Gasteiger partial charge in [-0.3, -0.25) is 4.68 Å². The topological polar surface area (TPSA) is 85.2 Å². The molecule has 1 aromatic rings. The fourth-order valence-corrected chi connectivity index (χ4v) is 3.33. The van der Waals surface area contributed by atoms with Crippen molar-refractivity contribution in [1.29, 1.82) is 0 Å². The van der Waals surface area contributed by atoms with Crippen molar-refractivity contribution in [3.63, 3.8) is 0 Å². The summed E-state index contributed by atoms with van der Waals surface area (Å²) in [7, 11) is -1.58. The summed E-state index contributed by atoms with van der Waals surface area (Å²) in [5, 5.41) is 7.13. The first-order chi connectivity index (χ1) is 10.1. The highest BCUT2D eigenvalue weighted by Crippen LogP contribution is 2.15. The number of rotatable bonds is 9. The molecular weight excluding hydrogens is 292 g/mol. The quantitative estimate of drug-likeness (QED) is 0.642. The first-order valence-electron chi connectivity index (χ1n) is 7.40. The molecule has 2 heterocycles. The van der Waals surface area contributed by atoms with Gasteiger partial charge in [0, 0.05) is 25.9 Å². The molecule has 1 fully saturated rings.